The van der Waals surface area contributed by atoms with Crippen LogP contribution in [0.25, 0.3) is 10.8 Å². The molecular formula is C37H58O5S2Si2. The summed E-state index contributed by atoms with van der Waals surface area (Å²) in [4.78, 5) is 25.1. The van der Waals surface area contributed by atoms with Gasteiger partial charge in [-0.2, -0.15) is 11.8 Å². The number of fused-ring (bicyclic) bond motifs is 1. The maximum absolute atomic E-state index is 13.6. The van der Waals surface area contributed by atoms with Crippen LogP contribution in [0.15, 0.2) is 54.6 Å². The van der Waals surface area contributed by atoms with Crippen molar-refractivity contribution >= 4 is 62.7 Å². The molecule has 4 atom stereocenters. The molecule has 1 aliphatic carbocycles. The zero-order valence-corrected chi connectivity index (χ0v) is 33.7. The van der Waals surface area contributed by atoms with Crippen molar-refractivity contribution in [2.24, 2.45) is 5.92 Å². The highest BCUT2D eigenvalue weighted by atomic mass is 32.2. The highest BCUT2D eigenvalue weighted by Gasteiger charge is 2.47. The number of hydrogen-bond donors (Lipinski definition) is 0. The number of benzene rings is 2. The Kier molecular flexibility index (Phi) is 13.9. The van der Waals surface area contributed by atoms with Gasteiger partial charge < -0.3 is 13.6 Å². The molecule has 2 aromatic rings. The molecule has 3 rings (SSSR count). The van der Waals surface area contributed by atoms with Crippen molar-refractivity contribution in [3.8, 4) is 0 Å². The highest BCUT2D eigenvalue weighted by molar-refractivity contribution is 8.01. The predicted molar refractivity (Wildman–Crippen MR) is 204 cm³/mol. The number of ether oxygens (including phenoxy) is 1. The standard InChI is InChI=1S/C37H58O5S2Si2/c1-36(2,3)45(8,9)41-30(24-27-17-18-28-15-12-13-16-29(28)23-27)19-20-31-33(42-46(10,11)37(4,5)6)25-32(38)35(31)44-22-14-21-43-26-34(39)40-7/h12-13,15-20,23,30-31,33,35H,14,21-22,24-26H2,1-11H3/b20-19+/t30?,31-,33+,35+/m0/s1. The molecule has 256 valence electrons. The third-order valence-electron chi connectivity index (χ3n) is 9.98. The predicted octanol–water partition coefficient (Wildman–Crippen LogP) is 9.71. The Labute approximate surface area is 289 Å². The molecule has 0 saturated heterocycles. The molecule has 0 aromatic heterocycles. The number of Topliss-reactive ketones (excluding diaryl/α,β-unsaturated/α-hetero) is 1. The molecule has 2 aromatic carbocycles. The fourth-order valence-electron chi connectivity index (χ4n) is 5.10. The van der Waals surface area contributed by atoms with Crippen molar-refractivity contribution < 1.29 is 23.2 Å². The van der Waals surface area contributed by atoms with E-state index >= 15 is 0 Å². The van der Waals surface area contributed by atoms with Crippen LogP contribution in [0.1, 0.15) is 59.9 Å². The largest absolute Gasteiger partial charge is 0.468 e. The zero-order valence-electron chi connectivity index (χ0n) is 30.1. The van der Waals surface area contributed by atoms with Gasteiger partial charge in [-0.1, -0.05) is 96.2 Å². The molecule has 0 N–H and O–H groups in total. The zero-order chi connectivity index (χ0) is 34.3. The Morgan fingerprint density at radius 2 is 1.61 bits per heavy atom. The summed E-state index contributed by atoms with van der Waals surface area (Å²) in [5, 5.41) is 2.45. The van der Waals surface area contributed by atoms with E-state index < -0.39 is 16.6 Å². The Bertz CT molecular complexity index is 1350. The van der Waals surface area contributed by atoms with Crippen LogP contribution in [0, 0.1) is 5.92 Å². The normalized spacial score (nSPS) is 20.5. The van der Waals surface area contributed by atoms with Gasteiger partial charge in [0, 0.05) is 18.8 Å². The topological polar surface area (TPSA) is 61.8 Å². The van der Waals surface area contributed by atoms with Crippen molar-refractivity contribution in [3.63, 3.8) is 0 Å². The van der Waals surface area contributed by atoms with Crippen molar-refractivity contribution in [1.29, 1.82) is 0 Å². The Balaban J connectivity index is 1.89. The Morgan fingerprint density at radius 1 is 0.957 bits per heavy atom. The summed E-state index contributed by atoms with van der Waals surface area (Å²) in [6, 6.07) is 15.2. The molecule has 1 saturated carbocycles. The van der Waals surface area contributed by atoms with Crippen LogP contribution in [0.5, 0.6) is 0 Å². The number of hydrogen-bond acceptors (Lipinski definition) is 7. The van der Waals surface area contributed by atoms with E-state index in [1.54, 1.807) is 23.5 Å². The molecule has 0 amide bonds. The first-order chi connectivity index (χ1) is 21.3. The molecule has 0 aliphatic heterocycles. The molecule has 1 fully saturated rings. The number of esters is 1. The maximum Gasteiger partial charge on any atom is 0.315 e. The molecule has 9 heteroatoms. The summed E-state index contributed by atoms with van der Waals surface area (Å²) in [6.07, 6.45) is 6.44. The second-order valence-corrected chi connectivity index (χ2v) is 27.5. The number of rotatable bonds is 15. The van der Waals surface area contributed by atoms with Crippen molar-refractivity contribution in [1.82, 2.24) is 0 Å². The van der Waals surface area contributed by atoms with Crippen LogP contribution < -0.4 is 0 Å². The molecule has 0 spiro atoms. The van der Waals surface area contributed by atoms with E-state index in [0.29, 0.717) is 12.2 Å². The van der Waals surface area contributed by atoms with Gasteiger partial charge in [0.05, 0.1) is 30.3 Å². The second kappa shape index (κ2) is 16.4. The molecule has 5 nitrogen and oxygen atoms in total. The van der Waals surface area contributed by atoms with E-state index in [2.05, 4.69) is 122 Å². The first-order valence-corrected chi connectivity index (χ1v) is 24.7. The average molecular weight is 703 g/mol. The van der Waals surface area contributed by atoms with Gasteiger partial charge >= 0.3 is 5.97 Å². The summed E-state index contributed by atoms with van der Waals surface area (Å²) in [6.45, 7) is 22.8. The molecule has 1 aliphatic rings. The minimum atomic E-state index is -2.11. The van der Waals surface area contributed by atoms with Gasteiger partial charge in [-0.15, -0.1) is 11.8 Å². The Hall–Kier alpha value is -1.37. The number of methoxy groups -OCH3 is 1. The summed E-state index contributed by atoms with van der Waals surface area (Å²) in [5.74, 6) is 2.16. The van der Waals surface area contributed by atoms with Crippen molar-refractivity contribution in [2.75, 3.05) is 24.4 Å². The lowest BCUT2D eigenvalue weighted by molar-refractivity contribution is -0.137. The number of ketones is 1. The van der Waals surface area contributed by atoms with E-state index in [0.717, 1.165) is 24.3 Å². The van der Waals surface area contributed by atoms with Gasteiger partial charge in [-0.25, -0.2) is 0 Å². The van der Waals surface area contributed by atoms with E-state index in [1.807, 2.05) is 0 Å². The first-order valence-electron chi connectivity index (χ1n) is 16.6. The lowest BCUT2D eigenvalue weighted by Gasteiger charge is -2.40. The van der Waals surface area contributed by atoms with E-state index in [-0.39, 0.29) is 45.2 Å². The van der Waals surface area contributed by atoms with Gasteiger partial charge in [0.1, 0.15) is 5.78 Å². The molecule has 1 unspecified atom stereocenters. The first kappa shape index (κ1) is 39.1. The van der Waals surface area contributed by atoms with Crippen molar-refractivity contribution in [2.45, 2.75) is 115 Å². The van der Waals surface area contributed by atoms with E-state index in [9.17, 15) is 9.59 Å². The third kappa shape index (κ3) is 10.8. The van der Waals surface area contributed by atoms with Crippen LogP contribution in [0.4, 0.5) is 0 Å². The Morgan fingerprint density at radius 3 is 2.24 bits per heavy atom. The van der Waals surface area contributed by atoms with Gasteiger partial charge in [0.2, 0.25) is 0 Å². The molecule has 0 heterocycles. The molecule has 0 bridgehead atoms. The van der Waals surface area contributed by atoms with E-state index in [1.165, 1.54) is 23.4 Å². The third-order valence-corrected chi connectivity index (χ3v) is 21.5. The van der Waals surface area contributed by atoms with Gasteiger partial charge in [-0.3, -0.25) is 9.59 Å². The quantitative estimate of drug-likeness (QED) is 0.0793. The van der Waals surface area contributed by atoms with Gasteiger partial charge in [-0.05, 0) is 70.5 Å². The molecule has 0 radical (unpaired) electrons. The van der Waals surface area contributed by atoms with Gasteiger partial charge in [0.15, 0.2) is 16.6 Å². The SMILES string of the molecule is COC(=O)CSCCCS[C@H]1C(=O)C[C@@H](O[Si](C)(C)C(C)(C)C)[C@@H]1/C=C/C(Cc1ccc2ccccc2c1)O[Si](C)(C)C(C)(C)C. The highest BCUT2D eigenvalue weighted by Crippen LogP contribution is 2.43. The average Bonchev–Trinajstić information content (AvgIpc) is 3.24. The number of carbonyl (C=O) groups excluding carboxylic acids is 2. The van der Waals surface area contributed by atoms with Crippen LogP contribution in [0.3, 0.4) is 0 Å². The van der Waals surface area contributed by atoms with Gasteiger partial charge in [0.25, 0.3) is 0 Å². The summed E-state index contributed by atoms with van der Waals surface area (Å²) in [7, 11) is -2.78. The van der Waals surface area contributed by atoms with Crippen LogP contribution in [-0.4, -0.2) is 70.2 Å². The summed E-state index contributed by atoms with van der Waals surface area (Å²) < 4.78 is 18.8. The lowest BCUT2D eigenvalue weighted by Crippen LogP contribution is -2.45. The molecule has 46 heavy (non-hydrogen) atoms. The van der Waals surface area contributed by atoms with E-state index in [4.69, 9.17) is 13.6 Å². The van der Waals surface area contributed by atoms with Crippen LogP contribution in [0.2, 0.25) is 36.3 Å². The summed E-state index contributed by atoms with van der Waals surface area (Å²) >= 11 is 3.33. The minimum Gasteiger partial charge on any atom is -0.468 e. The lowest BCUT2D eigenvalue weighted by atomic mass is 10.0. The second-order valence-electron chi connectivity index (χ2n) is 15.6. The monoisotopic (exact) mass is 702 g/mol. The maximum atomic E-state index is 13.6. The fourth-order valence-corrected chi connectivity index (χ4v) is 10.0. The number of thioether (sulfide) groups is 2. The van der Waals surface area contributed by atoms with Crippen molar-refractivity contribution in [3.05, 3.63) is 60.2 Å². The minimum absolute atomic E-state index is 0.0172. The van der Waals surface area contributed by atoms with Crippen LogP contribution in [-0.2, 0) is 29.6 Å². The number of carbonyl (C=O) groups is 2. The van der Waals surface area contributed by atoms with Crippen LogP contribution >= 0.6 is 23.5 Å². The fraction of sp³-hybridized carbons (Fsp3) is 0.622. The molecular weight excluding hydrogens is 645 g/mol. The summed E-state index contributed by atoms with van der Waals surface area (Å²) in [5.41, 5.74) is 1.25. The smallest absolute Gasteiger partial charge is 0.315 e.